The van der Waals surface area contributed by atoms with Crippen molar-refractivity contribution in [1.29, 1.82) is 0 Å². The van der Waals surface area contributed by atoms with Gasteiger partial charge in [-0.15, -0.1) is 0 Å². The summed E-state index contributed by atoms with van der Waals surface area (Å²) in [5, 5.41) is 11.6. The highest BCUT2D eigenvalue weighted by molar-refractivity contribution is 7.98. The van der Waals surface area contributed by atoms with E-state index in [2.05, 4.69) is 5.32 Å². The maximum Gasteiger partial charge on any atom is 0.237 e. The van der Waals surface area contributed by atoms with Crippen molar-refractivity contribution >= 4 is 17.7 Å². The summed E-state index contributed by atoms with van der Waals surface area (Å²) in [5.74, 6) is 0.713. The van der Waals surface area contributed by atoms with Gasteiger partial charge in [-0.1, -0.05) is 6.92 Å². The van der Waals surface area contributed by atoms with E-state index in [1.54, 1.807) is 11.8 Å². The molecule has 0 saturated carbocycles. The van der Waals surface area contributed by atoms with Crippen molar-refractivity contribution < 1.29 is 9.90 Å². The Morgan fingerprint density at radius 2 is 2.29 bits per heavy atom. The normalized spacial score (nSPS) is 14.9. The Hall–Kier alpha value is -0.260. The van der Waals surface area contributed by atoms with Crippen molar-refractivity contribution in [3.05, 3.63) is 0 Å². The summed E-state index contributed by atoms with van der Waals surface area (Å²) in [4.78, 5) is 11.4. The van der Waals surface area contributed by atoms with Crippen LogP contribution in [0.1, 0.15) is 19.8 Å². The molecule has 0 aromatic heterocycles. The molecular formula is C9H20N2O2S. The van der Waals surface area contributed by atoms with E-state index in [9.17, 15) is 4.79 Å². The van der Waals surface area contributed by atoms with Gasteiger partial charge in [0, 0.05) is 0 Å². The minimum Gasteiger partial charge on any atom is -0.394 e. The van der Waals surface area contributed by atoms with E-state index in [-0.39, 0.29) is 18.6 Å². The van der Waals surface area contributed by atoms with Crippen LogP contribution >= 0.6 is 11.8 Å². The number of carbonyl (C=O) groups is 1. The first kappa shape index (κ1) is 13.7. The Balaban J connectivity index is 3.81. The fourth-order valence-electron chi connectivity index (χ4n) is 0.961. The third-order valence-corrected chi connectivity index (χ3v) is 2.67. The highest BCUT2D eigenvalue weighted by atomic mass is 32.2. The topological polar surface area (TPSA) is 75.3 Å². The van der Waals surface area contributed by atoms with Crippen LogP contribution in [0.25, 0.3) is 0 Å². The molecule has 0 aliphatic heterocycles. The summed E-state index contributed by atoms with van der Waals surface area (Å²) in [6, 6.07) is -0.620. The number of hydrogen-bond donors (Lipinski definition) is 3. The molecule has 0 aliphatic rings. The number of hydrogen-bond acceptors (Lipinski definition) is 4. The molecule has 0 aromatic rings. The predicted octanol–water partition coefficient (Wildman–Crippen LogP) is -0.0461. The lowest BCUT2D eigenvalue weighted by molar-refractivity contribution is -0.123. The lowest BCUT2D eigenvalue weighted by Gasteiger charge is -2.17. The van der Waals surface area contributed by atoms with E-state index >= 15 is 0 Å². The molecule has 14 heavy (non-hydrogen) atoms. The summed E-state index contributed by atoms with van der Waals surface area (Å²) in [7, 11) is 0. The van der Waals surface area contributed by atoms with E-state index < -0.39 is 6.04 Å². The molecule has 0 rings (SSSR count). The van der Waals surface area contributed by atoms with Crippen LogP contribution in [0, 0.1) is 0 Å². The number of aliphatic hydroxyl groups is 1. The highest BCUT2D eigenvalue weighted by Gasteiger charge is 2.15. The zero-order valence-corrected chi connectivity index (χ0v) is 9.64. The number of aliphatic hydroxyl groups excluding tert-OH is 1. The zero-order valence-electron chi connectivity index (χ0n) is 8.82. The monoisotopic (exact) mass is 220 g/mol. The van der Waals surface area contributed by atoms with Crippen LogP contribution in [-0.4, -0.2) is 41.7 Å². The molecule has 5 heteroatoms. The fourth-order valence-corrected chi connectivity index (χ4v) is 1.45. The minimum atomic E-state index is -0.456. The van der Waals surface area contributed by atoms with Gasteiger partial charge in [0.1, 0.15) is 0 Å². The first-order chi connectivity index (χ1) is 6.65. The van der Waals surface area contributed by atoms with Gasteiger partial charge in [-0.05, 0) is 24.9 Å². The molecule has 0 aliphatic carbocycles. The van der Waals surface area contributed by atoms with Crippen molar-refractivity contribution in [3.63, 3.8) is 0 Å². The Morgan fingerprint density at radius 1 is 1.64 bits per heavy atom. The van der Waals surface area contributed by atoms with Crippen molar-refractivity contribution in [1.82, 2.24) is 5.32 Å². The van der Waals surface area contributed by atoms with Crippen LogP contribution in [0.2, 0.25) is 0 Å². The number of thioether (sulfide) groups is 1. The van der Waals surface area contributed by atoms with Crippen LogP contribution in [-0.2, 0) is 4.79 Å². The maximum atomic E-state index is 11.4. The van der Waals surface area contributed by atoms with Gasteiger partial charge in [0.25, 0.3) is 0 Å². The molecule has 0 saturated heterocycles. The number of carbonyl (C=O) groups excluding carboxylic acids is 1. The third-order valence-electron chi connectivity index (χ3n) is 2.03. The molecule has 84 valence electrons. The lowest BCUT2D eigenvalue weighted by atomic mass is 10.2. The number of amides is 1. The van der Waals surface area contributed by atoms with Gasteiger partial charge in [-0.2, -0.15) is 11.8 Å². The molecule has 4 N–H and O–H groups in total. The molecule has 2 atom stereocenters. The van der Waals surface area contributed by atoms with Crippen LogP contribution in [0.4, 0.5) is 0 Å². The van der Waals surface area contributed by atoms with Crippen molar-refractivity contribution in [2.45, 2.75) is 31.8 Å². The van der Waals surface area contributed by atoms with Gasteiger partial charge in [0.15, 0.2) is 0 Å². The number of nitrogens with one attached hydrogen (secondary N) is 1. The molecule has 0 fully saturated rings. The Bertz CT molecular complexity index is 163. The zero-order chi connectivity index (χ0) is 11.0. The van der Waals surface area contributed by atoms with Gasteiger partial charge in [0.2, 0.25) is 5.91 Å². The van der Waals surface area contributed by atoms with Crippen molar-refractivity contribution in [2.24, 2.45) is 5.73 Å². The SMILES string of the molecule is CC[C@H](CO)NC(=O)[C@H](N)CCSC. The molecule has 0 radical (unpaired) electrons. The van der Waals surface area contributed by atoms with E-state index in [1.165, 1.54) is 0 Å². The Kier molecular flexibility index (Phi) is 7.93. The molecule has 0 spiro atoms. The predicted molar refractivity (Wildman–Crippen MR) is 60.3 cm³/mol. The van der Waals surface area contributed by atoms with Gasteiger partial charge in [-0.25, -0.2) is 0 Å². The Labute approximate surface area is 89.6 Å². The minimum absolute atomic E-state index is 0.0303. The van der Waals surface area contributed by atoms with Gasteiger partial charge in [0.05, 0.1) is 18.7 Å². The second-order valence-corrected chi connectivity index (χ2v) is 4.17. The molecule has 0 heterocycles. The van der Waals surface area contributed by atoms with Crippen LogP contribution < -0.4 is 11.1 Å². The molecule has 0 bridgehead atoms. The van der Waals surface area contributed by atoms with Crippen molar-refractivity contribution in [2.75, 3.05) is 18.6 Å². The smallest absolute Gasteiger partial charge is 0.237 e. The first-order valence-electron chi connectivity index (χ1n) is 4.81. The Morgan fingerprint density at radius 3 is 2.71 bits per heavy atom. The van der Waals surface area contributed by atoms with E-state index in [4.69, 9.17) is 10.8 Å². The standard InChI is InChI=1S/C9H20N2O2S/c1-3-7(6-12)11-9(13)8(10)4-5-14-2/h7-8,12H,3-6,10H2,1-2H3,(H,11,13)/t7-,8-/m1/s1. The molecule has 0 unspecified atom stereocenters. The first-order valence-corrected chi connectivity index (χ1v) is 6.20. The van der Waals surface area contributed by atoms with Gasteiger partial charge in [-0.3, -0.25) is 4.79 Å². The second kappa shape index (κ2) is 8.08. The average Bonchev–Trinajstić information content (AvgIpc) is 2.21. The molecule has 1 amide bonds. The van der Waals surface area contributed by atoms with Gasteiger partial charge >= 0.3 is 0 Å². The third kappa shape index (κ3) is 5.47. The van der Waals surface area contributed by atoms with Gasteiger partial charge < -0.3 is 16.2 Å². The molecular weight excluding hydrogens is 200 g/mol. The lowest BCUT2D eigenvalue weighted by Crippen LogP contribution is -2.46. The van der Waals surface area contributed by atoms with E-state index in [1.807, 2.05) is 13.2 Å². The maximum absolute atomic E-state index is 11.4. The summed E-state index contributed by atoms with van der Waals surface area (Å²) in [6.07, 6.45) is 3.37. The summed E-state index contributed by atoms with van der Waals surface area (Å²) in [6.45, 7) is 1.88. The van der Waals surface area contributed by atoms with Crippen LogP contribution in [0.3, 0.4) is 0 Å². The average molecular weight is 220 g/mol. The van der Waals surface area contributed by atoms with Crippen LogP contribution in [0.15, 0.2) is 0 Å². The quantitative estimate of drug-likeness (QED) is 0.562. The highest BCUT2D eigenvalue weighted by Crippen LogP contribution is 1.99. The number of rotatable bonds is 7. The molecule has 4 nitrogen and oxygen atoms in total. The second-order valence-electron chi connectivity index (χ2n) is 3.18. The molecule has 0 aromatic carbocycles. The van der Waals surface area contributed by atoms with E-state index in [0.29, 0.717) is 6.42 Å². The largest absolute Gasteiger partial charge is 0.394 e. The summed E-state index contributed by atoms with van der Waals surface area (Å²) < 4.78 is 0. The summed E-state index contributed by atoms with van der Waals surface area (Å²) in [5.41, 5.74) is 5.65. The van der Waals surface area contributed by atoms with Crippen LogP contribution in [0.5, 0.6) is 0 Å². The summed E-state index contributed by atoms with van der Waals surface area (Å²) >= 11 is 1.67. The number of nitrogens with two attached hydrogens (primary N) is 1. The van der Waals surface area contributed by atoms with Crippen molar-refractivity contribution in [3.8, 4) is 0 Å². The fraction of sp³-hybridized carbons (Fsp3) is 0.889. The van der Waals surface area contributed by atoms with E-state index in [0.717, 1.165) is 12.2 Å².